The van der Waals surface area contributed by atoms with Gasteiger partial charge >= 0.3 is 0 Å². The normalized spacial score (nSPS) is 22.9. The molecule has 0 aliphatic heterocycles. The van der Waals surface area contributed by atoms with Gasteiger partial charge < -0.3 is 9.88 Å². The van der Waals surface area contributed by atoms with Gasteiger partial charge in [0.1, 0.15) is 0 Å². The van der Waals surface area contributed by atoms with E-state index in [1.807, 2.05) is 6.20 Å². The van der Waals surface area contributed by atoms with E-state index in [4.69, 9.17) is 0 Å². The Hall–Kier alpha value is -0.990. The fourth-order valence-electron chi connectivity index (χ4n) is 3.16. The summed E-state index contributed by atoms with van der Waals surface area (Å²) >= 11 is 0. The van der Waals surface area contributed by atoms with Crippen molar-refractivity contribution < 1.29 is 0 Å². The van der Waals surface area contributed by atoms with Gasteiger partial charge in [-0.05, 0) is 32.1 Å². The molecule has 1 N–H and O–H groups in total. The molecule has 2 fully saturated rings. The lowest BCUT2D eigenvalue weighted by Gasteiger charge is -2.25. The molecule has 3 nitrogen and oxygen atoms in total. The van der Waals surface area contributed by atoms with E-state index in [1.54, 1.807) is 0 Å². The summed E-state index contributed by atoms with van der Waals surface area (Å²) in [7, 11) is 0. The highest BCUT2D eigenvalue weighted by atomic mass is 15.2. The molecule has 1 atom stereocenters. The van der Waals surface area contributed by atoms with Crippen molar-refractivity contribution in [3.8, 4) is 0 Å². The number of aromatic nitrogens is 2. The molecule has 2 aliphatic rings. The molecule has 1 heterocycles. The summed E-state index contributed by atoms with van der Waals surface area (Å²) in [6.07, 6.45) is 15.0. The van der Waals surface area contributed by atoms with Gasteiger partial charge in [0.25, 0.3) is 0 Å². The second-order valence-electron chi connectivity index (χ2n) is 6.17. The Balaban J connectivity index is 1.62. The highest BCUT2D eigenvalue weighted by Crippen LogP contribution is 2.37. The molecule has 2 aliphatic carbocycles. The van der Waals surface area contributed by atoms with Crippen molar-refractivity contribution in [2.45, 2.75) is 70.4 Å². The Bertz CT molecular complexity index is 375. The molecule has 3 heteroatoms. The number of nitrogens with zero attached hydrogens (tertiary/aromatic N) is 2. The number of anilines is 1. The van der Waals surface area contributed by atoms with Gasteiger partial charge in [0.05, 0.1) is 0 Å². The van der Waals surface area contributed by atoms with E-state index in [-0.39, 0.29) is 0 Å². The average Bonchev–Trinajstić information content (AvgIpc) is 3.07. The summed E-state index contributed by atoms with van der Waals surface area (Å²) in [4.78, 5) is 4.51. The third-order valence-corrected chi connectivity index (χ3v) is 4.45. The van der Waals surface area contributed by atoms with E-state index >= 15 is 0 Å². The number of imidazole rings is 1. The molecule has 3 rings (SSSR count). The predicted octanol–water partition coefficient (Wildman–Crippen LogP) is 3.99. The van der Waals surface area contributed by atoms with Crippen molar-refractivity contribution in [1.82, 2.24) is 9.55 Å². The Morgan fingerprint density at radius 2 is 2.06 bits per heavy atom. The maximum absolute atomic E-state index is 4.51. The second-order valence-corrected chi connectivity index (χ2v) is 6.17. The van der Waals surface area contributed by atoms with E-state index < -0.39 is 0 Å². The quantitative estimate of drug-likeness (QED) is 0.852. The van der Waals surface area contributed by atoms with E-state index in [0.29, 0.717) is 12.1 Å². The van der Waals surface area contributed by atoms with Crippen LogP contribution in [0.3, 0.4) is 0 Å². The fourth-order valence-corrected chi connectivity index (χ4v) is 3.16. The Kier molecular flexibility index (Phi) is 3.57. The van der Waals surface area contributed by atoms with E-state index in [0.717, 1.165) is 11.9 Å². The molecular weight excluding hydrogens is 222 g/mol. The number of hydrogen-bond donors (Lipinski definition) is 1. The lowest BCUT2D eigenvalue weighted by Crippen LogP contribution is -2.25. The molecule has 1 aromatic rings. The molecule has 2 saturated carbocycles. The van der Waals surface area contributed by atoms with Crippen molar-refractivity contribution >= 4 is 5.95 Å². The van der Waals surface area contributed by atoms with Gasteiger partial charge in [0.15, 0.2) is 0 Å². The molecule has 18 heavy (non-hydrogen) atoms. The first kappa shape index (κ1) is 12.1. The summed E-state index contributed by atoms with van der Waals surface area (Å²) in [5.41, 5.74) is 0. The summed E-state index contributed by atoms with van der Waals surface area (Å²) in [5, 5.41) is 3.66. The summed E-state index contributed by atoms with van der Waals surface area (Å²) in [6, 6.07) is 1.24. The Labute approximate surface area is 110 Å². The van der Waals surface area contributed by atoms with Crippen LogP contribution in [0.15, 0.2) is 12.4 Å². The molecule has 0 radical (unpaired) electrons. The first-order valence-electron chi connectivity index (χ1n) is 7.62. The van der Waals surface area contributed by atoms with E-state index in [1.165, 1.54) is 51.4 Å². The minimum atomic E-state index is 0.589. The second kappa shape index (κ2) is 5.33. The molecule has 1 unspecified atom stereocenters. The highest BCUT2D eigenvalue weighted by molar-refractivity contribution is 5.28. The SMILES string of the molecule is CC(CC1CC1)n1ccnc1NC1CCCCC1. The number of hydrogen-bond acceptors (Lipinski definition) is 2. The van der Waals surface area contributed by atoms with Crippen LogP contribution in [0.5, 0.6) is 0 Å². The molecule has 1 aromatic heterocycles. The molecular formula is C15H25N3. The average molecular weight is 247 g/mol. The fraction of sp³-hybridized carbons (Fsp3) is 0.800. The Morgan fingerprint density at radius 1 is 1.28 bits per heavy atom. The third kappa shape index (κ3) is 2.88. The summed E-state index contributed by atoms with van der Waals surface area (Å²) in [5.74, 6) is 2.07. The summed E-state index contributed by atoms with van der Waals surface area (Å²) in [6.45, 7) is 2.33. The van der Waals surface area contributed by atoms with Gasteiger partial charge in [0.2, 0.25) is 5.95 Å². The van der Waals surface area contributed by atoms with Gasteiger partial charge in [0, 0.05) is 24.5 Å². The summed E-state index contributed by atoms with van der Waals surface area (Å²) < 4.78 is 2.34. The zero-order chi connectivity index (χ0) is 12.4. The van der Waals surface area contributed by atoms with E-state index in [2.05, 4.69) is 28.0 Å². The maximum Gasteiger partial charge on any atom is 0.203 e. The molecule has 100 valence electrons. The van der Waals surface area contributed by atoms with Gasteiger partial charge in [-0.3, -0.25) is 0 Å². The first-order chi connectivity index (χ1) is 8.83. The third-order valence-electron chi connectivity index (χ3n) is 4.45. The number of rotatable bonds is 5. The maximum atomic E-state index is 4.51. The van der Waals surface area contributed by atoms with Gasteiger partial charge in [-0.1, -0.05) is 32.1 Å². The van der Waals surface area contributed by atoms with Crippen LogP contribution < -0.4 is 5.32 Å². The van der Waals surface area contributed by atoms with Crippen molar-refractivity contribution in [1.29, 1.82) is 0 Å². The highest BCUT2D eigenvalue weighted by Gasteiger charge is 2.25. The van der Waals surface area contributed by atoms with Crippen molar-refractivity contribution in [3.63, 3.8) is 0 Å². The van der Waals surface area contributed by atoms with Crippen LogP contribution in [0.1, 0.15) is 64.3 Å². The topological polar surface area (TPSA) is 29.9 Å². The Morgan fingerprint density at radius 3 is 2.78 bits per heavy atom. The van der Waals surface area contributed by atoms with Crippen LogP contribution in [0.2, 0.25) is 0 Å². The molecule has 0 aromatic carbocycles. The van der Waals surface area contributed by atoms with Crippen LogP contribution in [-0.4, -0.2) is 15.6 Å². The van der Waals surface area contributed by atoms with Crippen LogP contribution >= 0.6 is 0 Å². The van der Waals surface area contributed by atoms with Crippen LogP contribution in [0.25, 0.3) is 0 Å². The molecule has 0 spiro atoms. The van der Waals surface area contributed by atoms with E-state index in [9.17, 15) is 0 Å². The van der Waals surface area contributed by atoms with Crippen molar-refractivity contribution in [2.75, 3.05) is 5.32 Å². The van der Waals surface area contributed by atoms with Gasteiger partial charge in [-0.15, -0.1) is 0 Å². The standard InChI is InChI=1S/C15H25N3/c1-12(11-13-7-8-13)18-10-9-16-15(18)17-14-5-3-2-4-6-14/h9-10,12-14H,2-8,11H2,1H3,(H,16,17). The molecule has 0 saturated heterocycles. The zero-order valence-electron chi connectivity index (χ0n) is 11.4. The lowest BCUT2D eigenvalue weighted by atomic mass is 9.96. The van der Waals surface area contributed by atoms with Crippen LogP contribution in [0.4, 0.5) is 5.95 Å². The predicted molar refractivity (Wildman–Crippen MR) is 74.8 cm³/mol. The lowest BCUT2D eigenvalue weighted by molar-refractivity contribution is 0.447. The van der Waals surface area contributed by atoms with Gasteiger partial charge in [-0.25, -0.2) is 4.98 Å². The van der Waals surface area contributed by atoms with Crippen LogP contribution in [-0.2, 0) is 0 Å². The molecule has 0 bridgehead atoms. The zero-order valence-corrected chi connectivity index (χ0v) is 11.4. The largest absolute Gasteiger partial charge is 0.353 e. The minimum Gasteiger partial charge on any atom is -0.353 e. The van der Waals surface area contributed by atoms with Gasteiger partial charge in [-0.2, -0.15) is 0 Å². The van der Waals surface area contributed by atoms with Crippen molar-refractivity contribution in [3.05, 3.63) is 12.4 Å². The molecule has 0 amide bonds. The van der Waals surface area contributed by atoms with Crippen LogP contribution in [0, 0.1) is 5.92 Å². The number of nitrogens with one attached hydrogen (secondary N) is 1. The van der Waals surface area contributed by atoms with Crippen molar-refractivity contribution in [2.24, 2.45) is 5.92 Å². The monoisotopic (exact) mass is 247 g/mol. The minimum absolute atomic E-state index is 0.589. The first-order valence-corrected chi connectivity index (χ1v) is 7.62. The smallest absolute Gasteiger partial charge is 0.203 e.